The molecule has 7 rings (SSSR count). The first-order valence-corrected chi connectivity index (χ1v) is 13.5. The summed E-state index contributed by atoms with van der Waals surface area (Å²) in [7, 11) is 0. The van der Waals surface area contributed by atoms with Crippen LogP contribution in [0.4, 0.5) is 17.1 Å². The second-order valence-corrected chi connectivity index (χ2v) is 10.5. The zero-order valence-corrected chi connectivity index (χ0v) is 22.1. The van der Waals surface area contributed by atoms with E-state index in [1.54, 1.807) is 0 Å². The summed E-state index contributed by atoms with van der Waals surface area (Å²) in [5.74, 6) is 0. The van der Waals surface area contributed by atoms with Gasteiger partial charge in [0.2, 0.25) is 0 Å². The summed E-state index contributed by atoms with van der Waals surface area (Å²) in [6, 6.07) is 47.8. The van der Waals surface area contributed by atoms with Crippen LogP contribution in [0.2, 0.25) is 0 Å². The first kappa shape index (κ1) is 23.0. The van der Waals surface area contributed by atoms with Crippen LogP contribution in [0.25, 0.3) is 21.9 Å². The van der Waals surface area contributed by atoms with E-state index >= 15 is 0 Å². The Morgan fingerprint density at radius 2 is 1.18 bits per heavy atom. The van der Waals surface area contributed by atoms with Crippen molar-refractivity contribution in [2.75, 3.05) is 4.90 Å². The minimum absolute atomic E-state index is 0.834. The van der Waals surface area contributed by atoms with E-state index in [0.29, 0.717) is 0 Å². The van der Waals surface area contributed by atoms with Crippen LogP contribution in [0.3, 0.4) is 0 Å². The molecule has 1 aliphatic rings. The van der Waals surface area contributed by atoms with E-state index in [2.05, 4.69) is 112 Å². The summed E-state index contributed by atoms with van der Waals surface area (Å²) < 4.78 is 0.937. The van der Waals surface area contributed by atoms with Gasteiger partial charge in [-0.05, 0) is 64.4 Å². The van der Waals surface area contributed by atoms with E-state index in [0.717, 1.165) is 60.1 Å². The third-order valence-corrected chi connectivity index (χ3v) is 8.02. The van der Waals surface area contributed by atoms with Crippen LogP contribution in [-0.4, -0.2) is 5.11 Å². The average molecular weight is 554 g/mol. The van der Waals surface area contributed by atoms with Crippen LogP contribution >= 0.6 is 15.9 Å². The van der Waals surface area contributed by atoms with Crippen LogP contribution in [-0.2, 0) is 5.60 Å². The van der Waals surface area contributed by atoms with Gasteiger partial charge in [-0.25, -0.2) is 0 Å². The Kier molecular flexibility index (Phi) is 5.43. The van der Waals surface area contributed by atoms with Crippen LogP contribution < -0.4 is 4.90 Å². The molecule has 182 valence electrons. The standard InChI is InChI=1S/C35H24BrNO/c36-25-20-21-29-32(23-25)35(38,31-22-19-24-11-7-8-16-28(24)34(29)31)30-17-9-10-18-33(30)37(26-12-3-1-4-13-26)27-14-5-2-6-15-27/h1-23,38H. The van der Waals surface area contributed by atoms with Crippen molar-refractivity contribution in [3.05, 3.63) is 161 Å². The van der Waals surface area contributed by atoms with Crippen molar-refractivity contribution in [1.82, 2.24) is 0 Å². The number of para-hydroxylation sites is 3. The first-order chi connectivity index (χ1) is 18.7. The highest BCUT2D eigenvalue weighted by Gasteiger charge is 2.45. The van der Waals surface area contributed by atoms with Crippen LogP contribution in [0.5, 0.6) is 0 Å². The lowest BCUT2D eigenvalue weighted by atomic mass is 9.82. The zero-order chi connectivity index (χ0) is 25.7. The Morgan fingerprint density at radius 3 is 1.92 bits per heavy atom. The van der Waals surface area contributed by atoms with Gasteiger partial charge in [-0.2, -0.15) is 0 Å². The van der Waals surface area contributed by atoms with E-state index in [9.17, 15) is 5.11 Å². The normalized spacial score (nSPS) is 15.7. The number of fused-ring (bicyclic) bond motifs is 5. The van der Waals surface area contributed by atoms with Gasteiger partial charge in [0.25, 0.3) is 0 Å². The molecule has 1 unspecified atom stereocenters. The maximum Gasteiger partial charge on any atom is 0.143 e. The second kappa shape index (κ2) is 8.98. The zero-order valence-electron chi connectivity index (χ0n) is 20.6. The predicted molar refractivity (Wildman–Crippen MR) is 160 cm³/mol. The largest absolute Gasteiger partial charge is 0.376 e. The van der Waals surface area contributed by atoms with Crippen LogP contribution in [0.1, 0.15) is 16.7 Å². The highest BCUT2D eigenvalue weighted by Crippen LogP contribution is 2.56. The van der Waals surface area contributed by atoms with E-state index < -0.39 is 5.60 Å². The summed E-state index contributed by atoms with van der Waals surface area (Å²) in [5.41, 5.74) is 6.40. The number of benzene rings is 6. The molecule has 0 fully saturated rings. The van der Waals surface area contributed by atoms with Gasteiger partial charge in [-0.15, -0.1) is 0 Å². The lowest BCUT2D eigenvalue weighted by Gasteiger charge is -2.34. The summed E-state index contributed by atoms with van der Waals surface area (Å²) in [6.07, 6.45) is 0. The summed E-state index contributed by atoms with van der Waals surface area (Å²) >= 11 is 3.68. The van der Waals surface area contributed by atoms with Gasteiger partial charge in [0, 0.05) is 32.5 Å². The number of hydrogen-bond acceptors (Lipinski definition) is 2. The minimum Gasteiger partial charge on any atom is -0.376 e. The van der Waals surface area contributed by atoms with E-state index in [1.807, 2.05) is 48.5 Å². The lowest BCUT2D eigenvalue weighted by Crippen LogP contribution is -2.28. The molecule has 1 aliphatic carbocycles. The molecule has 1 atom stereocenters. The average Bonchev–Trinajstić information content (AvgIpc) is 3.23. The predicted octanol–water partition coefficient (Wildman–Crippen LogP) is 9.34. The van der Waals surface area contributed by atoms with Gasteiger partial charge in [0.1, 0.15) is 5.60 Å². The molecular formula is C35H24BrNO. The topological polar surface area (TPSA) is 23.5 Å². The molecule has 38 heavy (non-hydrogen) atoms. The lowest BCUT2D eigenvalue weighted by molar-refractivity contribution is 0.131. The van der Waals surface area contributed by atoms with Gasteiger partial charge in [-0.1, -0.05) is 113 Å². The number of aliphatic hydroxyl groups is 1. The Balaban J connectivity index is 1.56. The summed E-state index contributed by atoms with van der Waals surface area (Å²) in [5, 5.41) is 15.3. The Bertz CT molecular complexity index is 1760. The van der Waals surface area contributed by atoms with E-state index in [1.165, 1.54) is 0 Å². The van der Waals surface area contributed by atoms with Crippen molar-refractivity contribution < 1.29 is 5.11 Å². The quantitative estimate of drug-likeness (QED) is 0.235. The molecule has 0 aliphatic heterocycles. The minimum atomic E-state index is -1.35. The van der Waals surface area contributed by atoms with Crippen molar-refractivity contribution in [3.63, 3.8) is 0 Å². The molecule has 0 saturated heterocycles. The molecule has 0 aromatic heterocycles. The van der Waals surface area contributed by atoms with Crippen molar-refractivity contribution >= 4 is 43.8 Å². The maximum absolute atomic E-state index is 13.0. The fourth-order valence-electron chi connectivity index (χ4n) is 5.89. The third-order valence-electron chi connectivity index (χ3n) is 7.52. The third kappa shape index (κ3) is 3.43. The molecule has 0 saturated carbocycles. The number of hydrogen-bond donors (Lipinski definition) is 1. The monoisotopic (exact) mass is 553 g/mol. The Hall–Kier alpha value is -4.18. The molecule has 3 heteroatoms. The second-order valence-electron chi connectivity index (χ2n) is 9.63. The molecule has 2 nitrogen and oxygen atoms in total. The maximum atomic E-state index is 13.0. The summed E-state index contributed by atoms with van der Waals surface area (Å²) in [4.78, 5) is 2.23. The first-order valence-electron chi connectivity index (χ1n) is 12.7. The van der Waals surface area contributed by atoms with Gasteiger partial charge in [-0.3, -0.25) is 0 Å². The fraction of sp³-hybridized carbons (Fsp3) is 0.0286. The SMILES string of the molecule is OC1(c2ccccc2N(c2ccccc2)c2ccccc2)c2cc(Br)ccc2-c2c1ccc1ccccc21. The van der Waals surface area contributed by atoms with Crippen molar-refractivity contribution in [2.24, 2.45) is 0 Å². The molecule has 0 heterocycles. The van der Waals surface area contributed by atoms with Crippen molar-refractivity contribution in [1.29, 1.82) is 0 Å². The highest BCUT2D eigenvalue weighted by molar-refractivity contribution is 9.10. The molecule has 6 aromatic rings. The molecule has 1 N–H and O–H groups in total. The molecule has 6 aromatic carbocycles. The van der Waals surface area contributed by atoms with Crippen molar-refractivity contribution in [3.8, 4) is 11.1 Å². The molecular weight excluding hydrogens is 530 g/mol. The van der Waals surface area contributed by atoms with Crippen LogP contribution in [0, 0.1) is 0 Å². The Morgan fingerprint density at radius 1 is 0.553 bits per heavy atom. The van der Waals surface area contributed by atoms with Crippen molar-refractivity contribution in [2.45, 2.75) is 5.60 Å². The number of rotatable bonds is 4. The van der Waals surface area contributed by atoms with E-state index in [4.69, 9.17) is 0 Å². The smallest absolute Gasteiger partial charge is 0.143 e. The van der Waals surface area contributed by atoms with Gasteiger partial charge in [0.05, 0.1) is 5.69 Å². The summed E-state index contributed by atoms with van der Waals surface area (Å²) in [6.45, 7) is 0. The van der Waals surface area contributed by atoms with Gasteiger partial charge < -0.3 is 10.0 Å². The van der Waals surface area contributed by atoms with Gasteiger partial charge >= 0.3 is 0 Å². The fourth-order valence-corrected chi connectivity index (χ4v) is 6.25. The number of anilines is 3. The molecule has 0 amide bonds. The molecule has 0 bridgehead atoms. The highest BCUT2D eigenvalue weighted by atomic mass is 79.9. The Labute approximate surface area is 230 Å². The van der Waals surface area contributed by atoms with E-state index in [-0.39, 0.29) is 0 Å². The van der Waals surface area contributed by atoms with Gasteiger partial charge in [0.15, 0.2) is 0 Å². The number of nitrogens with zero attached hydrogens (tertiary/aromatic N) is 1. The molecule has 0 radical (unpaired) electrons. The molecule has 0 spiro atoms. The van der Waals surface area contributed by atoms with Crippen LogP contribution in [0.15, 0.2) is 144 Å². The number of halogens is 1.